The van der Waals surface area contributed by atoms with Crippen molar-refractivity contribution >= 4 is 23.1 Å². The van der Waals surface area contributed by atoms with Crippen LogP contribution in [0.4, 0.5) is 4.39 Å². The van der Waals surface area contributed by atoms with Gasteiger partial charge in [-0.15, -0.1) is 5.92 Å². The van der Waals surface area contributed by atoms with E-state index in [9.17, 15) is 64.4 Å². The SMILES string of the molecule is CC(=O)CCC[C@H](O)C#C/C=C/C=C/[C@H](O)CC#CC(C)C.CC(=O)CCC[C@H](O)C#C/C=C/C=C/[C@H](O)CC#CC1CCCCC1.CC(=O)CCC[C@H](O)C#C/C=C/C=C/[C@H](O)CC#Cc1ccc(F)cc1.CC(=O)CCC[C@H](O)C#C/C=C/C=C/[C@H](O)CC#Cc1ccccc1. The lowest BCUT2D eigenvalue weighted by Crippen LogP contribution is -2.04. The molecule has 0 aromatic heterocycles. The van der Waals surface area contributed by atoms with E-state index in [-0.39, 0.29) is 35.4 Å². The first-order valence-electron chi connectivity index (χ1n) is 33.6. The van der Waals surface area contributed by atoms with Crippen LogP contribution in [0.25, 0.3) is 0 Å². The molecule has 2 aromatic carbocycles. The normalized spacial score (nSPS) is 14.2. The molecule has 3 rings (SSSR count). The zero-order valence-corrected chi connectivity index (χ0v) is 58.1. The first-order valence-corrected chi connectivity index (χ1v) is 33.6. The summed E-state index contributed by atoms with van der Waals surface area (Å²) in [6, 6.07) is 15.5. The molecule has 0 radical (unpaired) electrons. The van der Waals surface area contributed by atoms with Gasteiger partial charge in [0.05, 0.1) is 24.4 Å². The summed E-state index contributed by atoms with van der Waals surface area (Å²) in [5.41, 5.74) is 1.62. The third-order valence-electron chi connectivity index (χ3n) is 13.2. The average Bonchev–Trinajstić information content (AvgIpc) is 2.37. The lowest BCUT2D eigenvalue weighted by Gasteiger charge is -2.15. The monoisotopic (exact) mass is 1330 g/mol. The van der Waals surface area contributed by atoms with E-state index >= 15 is 0 Å². The molecule has 1 saturated carbocycles. The molecule has 8 atom stereocenters. The highest BCUT2D eigenvalue weighted by Crippen LogP contribution is 2.22. The molecular weight excluding hydrogens is 1230 g/mol. The number of hydrogen-bond donors (Lipinski definition) is 8. The Morgan fingerprint density at radius 2 is 0.735 bits per heavy atom. The zero-order chi connectivity index (χ0) is 72.7. The van der Waals surface area contributed by atoms with Crippen molar-refractivity contribution in [2.45, 2.75) is 225 Å². The summed E-state index contributed by atoms with van der Waals surface area (Å²) in [5, 5.41) is 77.4. The summed E-state index contributed by atoms with van der Waals surface area (Å²) in [7, 11) is 0. The number of aliphatic hydroxyl groups excluding tert-OH is 8. The molecule has 0 saturated heterocycles. The van der Waals surface area contributed by atoms with Gasteiger partial charge in [0.25, 0.3) is 0 Å². The van der Waals surface area contributed by atoms with Crippen molar-refractivity contribution in [2.24, 2.45) is 11.8 Å². The Morgan fingerprint density at radius 1 is 0.418 bits per heavy atom. The predicted octanol–water partition coefficient (Wildman–Crippen LogP) is 12.4. The molecule has 2 aromatic rings. The minimum absolute atomic E-state index is 0.108. The van der Waals surface area contributed by atoms with Crippen LogP contribution in [0.5, 0.6) is 0 Å². The fourth-order valence-corrected chi connectivity index (χ4v) is 7.99. The molecule has 0 spiro atoms. The van der Waals surface area contributed by atoms with Crippen LogP contribution in [0.2, 0.25) is 0 Å². The van der Waals surface area contributed by atoms with Crippen molar-refractivity contribution in [1.82, 2.24) is 0 Å². The van der Waals surface area contributed by atoms with E-state index in [2.05, 4.69) is 94.7 Å². The Labute approximate surface area is 585 Å². The average molecular weight is 1340 g/mol. The van der Waals surface area contributed by atoms with E-state index in [1.807, 2.05) is 44.2 Å². The summed E-state index contributed by atoms with van der Waals surface area (Å²) < 4.78 is 12.8. The molecular formula is C85H103FO12. The first-order chi connectivity index (χ1) is 47.0. The molecule has 0 amide bonds. The third kappa shape index (κ3) is 63.2. The highest BCUT2D eigenvalue weighted by molar-refractivity contribution is 5.76. The zero-order valence-electron chi connectivity index (χ0n) is 58.1. The maximum Gasteiger partial charge on any atom is 0.129 e. The number of carbonyl (C=O) groups is 4. The van der Waals surface area contributed by atoms with Crippen LogP contribution in [0.3, 0.4) is 0 Å². The Bertz CT molecular complexity index is 3390. The van der Waals surface area contributed by atoms with Crippen molar-refractivity contribution in [3.63, 3.8) is 0 Å². The molecule has 13 heteroatoms. The number of hydrogen-bond acceptors (Lipinski definition) is 12. The van der Waals surface area contributed by atoms with Crippen LogP contribution in [-0.2, 0) is 19.2 Å². The third-order valence-corrected chi connectivity index (χ3v) is 13.2. The molecule has 0 unspecified atom stereocenters. The molecule has 8 N–H and O–H groups in total. The quantitative estimate of drug-likeness (QED) is 0.0294. The largest absolute Gasteiger partial charge is 0.388 e. The second-order valence-electron chi connectivity index (χ2n) is 23.3. The number of carbonyl (C=O) groups excluding carboxylic acids is 4. The Balaban J connectivity index is 0.00000128. The van der Waals surface area contributed by atoms with Gasteiger partial charge in [-0.05, 0) is 153 Å². The summed E-state index contributed by atoms with van der Waals surface area (Å²) in [6.45, 7) is 10.2. The van der Waals surface area contributed by atoms with Crippen LogP contribution in [-0.4, -0.2) is 113 Å². The topological polar surface area (TPSA) is 230 Å². The molecule has 0 heterocycles. The highest BCUT2D eigenvalue weighted by Gasteiger charge is 2.10. The van der Waals surface area contributed by atoms with Gasteiger partial charge in [0.1, 0.15) is 53.4 Å². The standard InChI is InChI=1S/C22H23FO3.C22H30O3.C22H24O3.C19H26O3/c1-18(24)8-6-12-21(25)10-4-2-3-5-11-22(26)13-7-9-19-14-16-20(23)17-15-19;2*1-19(23)11-9-17-21(24)15-7-2-3-8-16-22(25)18-10-14-20-12-5-4-6-13-20;1-16(2)10-8-14-18(21)12-6-4-5-7-13-19(22)15-9-11-17(3)20/h2-3,5,11,14-17,21-22,25-26H,6,8,12-13H2,1H3;2-3,8,16,20-22,24-25H,4-6,9,11-13,17-18H2,1H3;2-6,8,12-13,16,21-22,24-25H,9,11,17-18H2,1H3;4-6,12,16,18-19,21-22H,9,11,14-15H2,1-3H3/b3-2+,11-5+;2*3-2+,16-8+;5-4+,12-6+/t3*21-,22+;18-,19+/m1110/s1. The van der Waals surface area contributed by atoms with Crippen molar-refractivity contribution in [3.05, 3.63) is 169 Å². The van der Waals surface area contributed by atoms with Crippen LogP contribution < -0.4 is 0 Å². The minimum Gasteiger partial charge on any atom is -0.388 e. The molecule has 1 fully saturated rings. The van der Waals surface area contributed by atoms with Gasteiger partial charge in [-0.1, -0.05) is 213 Å². The smallest absolute Gasteiger partial charge is 0.129 e. The molecule has 1 aliphatic rings. The summed E-state index contributed by atoms with van der Waals surface area (Å²) in [4.78, 5) is 43.1. The lowest BCUT2D eigenvalue weighted by molar-refractivity contribution is -0.118. The van der Waals surface area contributed by atoms with Crippen molar-refractivity contribution < 1.29 is 64.4 Å². The predicted molar refractivity (Wildman–Crippen MR) is 392 cm³/mol. The Hall–Kier alpha value is -8.87. The summed E-state index contributed by atoms with van der Waals surface area (Å²) in [6.07, 6.45) is 35.5. The molecule has 98 heavy (non-hydrogen) atoms. The molecule has 0 aliphatic heterocycles. The highest BCUT2D eigenvalue weighted by atomic mass is 19.1. The number of allylic oxidation sites excluding steroid dienone is 12. The van der Waals surface area contributed by atoms with Crippen molar-refractivity contribution in [1.29, 1.82) is 0 Å². The fraction of sp³-hybridized carbons (Fsp3) is 0.435. The van der Waals surface area contributed by atoms with Gasteiger partial charge in [-0.2, -0.15) is 0 Å². The Morgan fingerprint density at radius 3 is 1.06 bits per heavy atom. The van der Waals surface area contributed by atoms with Crippen molar-refractivity contribution in [2.75, 3.05) is 0 Å². The number of Topliss-reactive ketones (excluding diaryl/α,β-unsaturated/α-hetero) is 4. The Kier molecular flexibility index (Phi) is 56.1. The van der Waals surface area contributed by atoms with Gasteiger partial charge in [0, 0.05) is 74.3 Å². The molecule has 12 nitrogen and oxygen atoms in total. The van der Waals surface area contributed by atoms with Gasteiger partial charge in [-0.25, -0.2) is 4.39 Å². The minimum atomic E-state index is -0.740. The van der Waals surface area contributed by atoms with E-state index in [0.29, 0.717) is 114 Å². The van der Waals surface area contributed by atoms with Crippen molar-refractivity contribution in [3.8, 4) is 94.7 Å². The lowest BCUT2D eigenvalue weighted by atomic mass is 9.90. The molecule has 522 valence electrons. The summed E-state index contributed by atoms with van der Waals surface area (Å²) >= 11 is 0. The number of ketones is 4. The number of rotatable bonds is 28. The van der Waals surface area contributed by atoms with Crippen LogP contribution in [0.1, 0.15) is 188 Å². The number of benzene rings is 2. The number of halogens is 1. The van der Waals surface area contributed by atoms with E-state index in [4.69, 9.17) is 0 Å². The van der Waals surface area contributed by atoms with Gasteiger partial charge in [0.2, 0.25) is 0 Å². The molecule has 1 aliphatic carbocycles. The van der Waals surface area contributed by atoms with Gasteiger partial charge >= 0.3 is 0 Å². The van der Waals surface area contributed by atoms with Crippen LogP contribution in [0.15, 0.2) is 152 Å². The van der Waals surface area contributed by atoms with Gasteiger partial charge < -0.3 is 60.0 Å². The molecule has 0 bridgehead atoms. The maximum absolute atomic E-state index is 12.8. The van der Waals surface area contributed by atoms with Crippen LogP contribution in [0, 0.1) is 112 Å². The fourth-order valence-electron chi connectivity index (χ4n) is 7.99. The van der Waals surface area contributed by atoms with Crippen LogP contribution >= 0.6 is 0 Å². The second kappa shape index (κ2) is 61.7. The van der Waals surface area contributed by atoms with Gasteiger partial charge in [-0.3, -0.25) is 0 Å². The van der Waals surface area contributed by atoms with E-state index < -0.39 is 48.8 Å². The number of aliphatic hydroxyl groups is 8. The van der Waals surface area contributed by atoms with E-state index in [1.165, 1.54) is 65.0 Å². The summed E-state index contributed by atoms with van der Waals surface area (Å²) in [5.74, 6) is 46.5. The second-order valence-corrected chi connectivity index (χ2v) is 23.3. The maximum atomic E-state index is 12.8. The first kappa shape index (κ1) is 89.1. The van der Waals surface area contributed by atoms with Gasteiger partial charge in [0.15, 0.2) is 0 Å². The van der Waals surface area contributed by atoms with E-state index in [0.717, 1.165) is 5.56 Å². The van der Waals surface area contributed by atoms with E-state index in [1.54, 1.807) is 116 Å².